The molecule has 3 N–H and O–H groups in total. The van der Waals surface area contributed by atoms with Gasteiger partial charge < -0.3 is 20.4 Å². The van der Waals surface area contributed by atoms with Gasteiger partial charge in [0.15, 0.2) is 6.23 Å². The van der Waals surface area contributed by atoms with Crippen molar-refractivity contribution < 1.29 is 14.6 Å². The summed E-state index contributed by atoms with van der Waals surface area (Å²) in [6, 6.07) is 10.8. The number of aliphatic imine (C=N–C) groups is 1. The number of amidine groups is 1. The van der Waals surface area contributed by atoms with Gasteiger partial charge in [-0.15, -0.1) is 0 Å². The fourth-order valence-corrected chi connectivity index (χ4v) is 3.84. The molecule has 2 aromatic carbocycles. The van der Waals surface area contributed by atoms with E-state index in [1.807, 2.05) is 19.1 Å². The summed E-state index contributed by atoms with van der Waals surface area (Å²) in [6.07, 6.45) is 0.930. The van der Waals surface area contributed by atoms with E-state index in [1.54, 1.807) is 0 Å². The standard InChI is InChI=1S/C21H24FN3O2/c1-13-10-16(22)11-18-19(13)23-20(24-21(18)27)15-2-4-17(5-3-15)25-8-6-14(12-26)7-9-25/h2-5,10-11,14,21,26-27H,6-9,12H2,1H3,(H,23,24). The highest BCUT2D eigenvalue weighted by atomic mass is 19.1. The van der Waals surface area contributed by atoms with Gasteiger partial charge >= 0.3 is 0 Å². The molecule has 1 atom stereocenters. The summed E-state index contributed by atoms with van der Waals surface area (Å²) in [5, 5.41) is 22.8. The minimum Gasteiger partial charge on any atom is -0.396 e. The topological polar surface area (TPSA) is 68.1 Å². The van der Waals surface area contributed by atoms with Crippen LogP contribution in [0.1, 0.15) is 35.8 Å². The third-order valence-electron chi connectivity index (χ3n) is 5.48. The molecule has 27 heavy (non-hydrogen) atoms. The Hall–Kier alpha value is -2.44. The number of benzene rings is 2. The summed E-state index contributed by atoms with van der Waals surface area (Å²) in [5.41, 5.74) is 3.92. The molecule has 1 unspecified atom stereocenters. The van der Waals surface area contributed by atoms with E-state index < -0.39 is 6.23 Å². The first-order valence-corrected chi connectivity index (χ1v) is 9.34. The molecule has 4 rings (SSSR count). The number of aryl methyl sites for hydroxylation is 1. The van der Waals surface area contributed by atoms with Gasteiger partial charge in [-0.05, 0) is 67.6 Å². The van der Waals surface area contributed by atoms with Crippen molar-refractivity contribution in [2.45, 2.75) is 26.0 Å². The monoisotopic (exact) mass is 369 g/mol. The van der Waals surface area contributed by atoms with Crippen LogP contribution in [0.3, 0.4) is 0 Å². The summed E-state index contributed by atoms with van der Waals surface area (Å²) in [4.78, 5) is 6.61. The molecular formula is C21H24FN3O2. The van der Waals surface area contributed by atoms with E-state index in [4.69, 9.17) is 0 Å². The number of hydrogen-bond acceptors (Lipinski definition) is 5. The van der Waals surface area contributed by atoms with Crippen molar-refractivity contribution in [3.8, 4) is 0 Å². The number of aliphatic hydroxyl groups excluding tert-OH is 2. The van der Waals surface area contributed by atoms with Gasteiger partial charge in [-0.3, -0.25) is 0 Å². The van der Waals surface area contributed by atoms with Crippen LogP contribution in [0.5, 0.6) is 0 Å². The van der Waals surface area contributed by atoms with Crippen molar-refractivity contribution in [2.24, 2.45) is 10.9 Å². The van der Waals surface area contributed by atoms with Gasteiger partial charge in [0.2, 0.25) is 0 Å². The molecule has 0 aromatic heterocycles. The summed E-state index contributed by atoms with van der Waals surface area (Å²) in [7, 11) is 0. The number of nitrogens with one attached hydrogen (secondary N) is 1. The number of anilines is 2. The van der Waals surface area contributed by atoms with Gasteiger partial charge in [-0.25, -0.2) is 9.38 Å². The number of rotatable bonds is 3. The number of nitrogens with zero attached hydrogens (tertiary/aromatic N) is 2. The highest BCUT2D eigenvalue weighted by Crippen LogP contribution is 2.33. The minimum atomic E-state index is -1.08. The second-order valence-electron chi connectivity index (χ2n) is 7.32. The summed E-state index contributed by atoms with van der Waals surface area (Å²) >= 11 is 0. The highest BCUT2D eigenvalue weighted by Gasteiger charge is 2.23. The summed E-state index contributed by atoms with van der Waals surface area (Å²) in [6.45, 7) is 3.97. The third-order valence-corrected chi connectivity index (χ3v) is 5.48. The Morgan fingerprint density at radius 1 is 1.19 bits per heavy atom. The summed E-state index contributed by atoms with van der Waals surface area (Å²) < 4.78 is 13.6. The zero-order valence-electron chi connectivity index (χ0n) is 15.3. The molecule has 0 saturated carbocycles. The number of fused-ring (bicyclic) bond motifs is 1. The largest absolute Gasteiger partial charge is 0.396 e. The molecule has 0 aliphatic carbocycles. The normalized spacial score (nSPS) is 20.1. The van der Waals surface area contributed by atoms with E-state index in [9.17, 15) is 14.6 Å². The molecule has 2 aliphatic rings. The number of hydrogen-bond donors (Lipinski definition) is 3. The van der Waals surface area contributed by atoms with Crippen LogP contribution in [0, 0.1) is 18.7 Å². The molecular weight excluding hydrogens is 345 g/mol. The second-order valence-corrected chi connectivity index (χ2v) is 7.32. The van der Waals surface area contributed by atoms with Crippen LogP contribution in [-0.4, -0.2) is 35.7 Å². The third kappa shape index (κ3) is 3.55. The maximum Gasteiger partial charge on any atom is 0.175 e. The zero-order chi connectivity index (χ0) is 19.0. The number of piperidine rings is 1. The molecule has 5 nitrogen and oxygen atoms in total. The second kappa shape index (κ2) is 7.29. The molecule has 2 heterocycles. The van der Waals surface area contributed by atoms with Crippen molar-refractivity contribution in [1.29, 1.82) is 0 Å². The minimum absolute atomic E-state index is 0.269. The van der Waals surface area contributed by atoms with Gasteiger partial charge in [0, 0.05) is 36.5 Å². The molecule has 0 amide bonds. The van der Waals surface area contributed by atoms with Crippen molar-refractivity contribution in [1.82, 2.24) is 0 Å². The van der Waals surface area contributed by atoms with Crippen LogP contribution in [0.4, 0.5) is 15.8 Å². The van der Waals surface area contributed by atoms with Crippen LogP contribution in [0.15, 0.2) is 41.4 Å². The molecule has 142 valence electrons. The van der Waals surface area contributed by atoms with Crippen molar-refractivity contribution in [2.75, 3.05) is 29.9 Å². The van der Waals surface area contributed by atoms with Crippen LogP contribution in [0.25, 0.3) is 0 Å². The van der Waals surface area contributed by atoms with Crippen LogP contribution in [-0.2, 0) is 0 Å². The van der Waals surface area contributed by atoms with Crippen LogP contribution < -0.4 is 10.2 Å². The van der Waals surface area contributed by atoms with E-state index in [0.29, 0.717) is 23.0 Å². The van der Waals surface area contributed by atoms with Crippen LogP contribution >= 0.6 is 0 Å². The van der Waals surface area contributed by atoms with Crippen LogP contribution in [0.2, 0.25) is 0 Å². The predicted molar refractivity (Wildman–Crippen MR) is 105 cm³/mol. The van der Waals surface area contributed by atoms with Gasteiger partial charge in [-0.1, -0.05) is 0 Å². The molecule has 0 spiro atoms. The van der Waals surface area contributed by atoms with E-state index in [1.165, 1.54) is 12.1 Å². The smallest absolute Gasteiger partial charge is 0.175 e. The molecule has 1 saturated heterocycles. The van der Waals surface area contributed by atoms with Gasteiger partial charge in [0.05, 0.1) is 5.69 Å². The Morgan fingerprint density at radius 3 is 2.56 bits per heavy atom. The Bertz CT molecular complexity index is 858. The Kier molecular flexibility index (Phi) is 4.85. The fourth-order valence-electron chi connectivity index (χ4n) is 3.84. The maximum absolute atomic E-state index is 13.6. The Morgan fingerprint density at radius 2 is 1.89 bits per heavy atom. The molecule has 6 heteroatoms. The summed E-state index contributed by atoms with van der Waals surface area (Å²) in [5.74, 6) is 0.617. The first kappa shape index (κ1) is 17.9. The average molecular weight is 369 g/mol. The lowest BCUT2D eigenvalue weighted by atomic mass is 9.97. The zero-order valence-corrected chi connectivity index (χ0v) is 15.3. The predicted octanol–water partition coefficient (Wildman–Crippen LogP) is 3.21. The lowest BCUT2D eigenvalue weighted by Gasteiger charge is -2.33. The van der Waals surface area contributed by atoms with Gasteiger partial charge in [-0.2, -0.15) is 0 Å². The first-order valence-electron chi connectivity index (χ1n) is 9.34. The van der Waals surface area contributed by atoms with Gasteiger partial charge in [0.25, 0.3) is 0 Å². The van der Waals surface area contributed by atoms with Crippen molar-refractivity contribution in [3.63, 3.8) is 0 Å². The van der Waals surface area contributed by atoms with E-state index in [0.717, 1.165) is 42.7 Å². The Labute approximate surface area is 158 Å². The number of aliphatic hydroxyl groups is 2. The fraction of sp³-hybridized carbons (Fsp3) is 0.381. The van der Waals surface area contributed by atoms with Crippen molar-refractivity contribution in [3.05, 3.63) is 58.9 Å². The number of halogens is 1. The lowest BCUT2D eigenvalue weighted by Crippen LogP contribution is -2.34. The average Bonchev–Trinajstić information content (AvgIpc) is 2.69. The molecule has 0 radical (unpaired) electrons. The lowest BCUT2D eigenvalue weighted by molar-refractivity contribution is 0.187. The molecule has 0 bridgehead atoms. The van der Waals surface area contributed by atoms with Crippen molar-refractivity contribution >= 4 is 17.2 Å². The van der Waals surface area contributed by atoms with E-state index in [-0.39, 0.29) is 12.4 Å². The van der Waals surface area contributed by atoms with E-state index in [2.05, 4.69) is 27.3 Å². The molecule has 1 fully saturated rings. The maximum atomic E-state index is 13.6. The highest BCUT2D eigenvalue weighted by molar-refractivity contribution is 6.10. The first-order chi connectivity index (χ1) is 13.0. The van der Waals surface area contributed by atoms with E-state index >= 15 is 0 Å². The quantitative estimate of drug-likeness (QED) is 0.777. The SMILES string of the molecule is Cc1cc(F)cc2c1NC(c1ccc(N3CCC(CO)CC3)cc1)=NC2O. The molecule has 2 aliphatic heterocycles. The molecule has 2 aromatic rings. The van der Waals surface area contributed by atoms with Gasteiger partial charge in [0.1, 0.15) is 11.7 Å². The Balaban J connectivity index is 1.53.